The molecular formula is C18H15N5O. The van der Waals surface area contributed by atoms with Gasteiger partial charge < -0.3 is 10.4 Å². The molecule has 2 aromatic carbocycles. The molecule has 24 heavy (non-hydrogen) atoms. The number of benzene rings is 2. The van der Waals surface area contributed by atoms with Crippen LogP contribution in [0.2, 0.25) is 0 Å². The molecule has 0 saturated carbocycles. The third kappa shape index (κ3) is 2.54. The van der Waals surface area contributed by atoms with Crippen molar-refractivity contribution in [2.75, 3.05) is 5.32 Å². The van der Waals surface area contributed by atoms with Crippen molar-refractivity contribution in [3.8, 4) is 11.4 Å². The van der Waals surface area contributed by atoms with Crippen molar-refractivity contribution < 1.29 is 5.11 Å². The number of nitrogens with zero attached hydrogens (tertiary/aromatic N) is 4. The lowest BCUT2D eigenvalue weighted by Gasteiger charge is -2.08. The van der Waals surface area contributed by atoms with Crippen LogP contribution in [0.1, 0.15) is 5.82 Å². The van der Waals surface area contributed by atoms with Gasteiger partial charge in [-0.05, 0) is 43.3 Å². The molecule has 0 aliphatic heterocycles. The van der Waals surface area contributed by atoms with Gasteiger partial charge in [0.1, 0.15) is 17.4 Å². The van der Waals surface area contributed by atoms with E-state index in [2.05, 4.69) is 20.4 Å². The predicted octanol–water partition coefficient (Wildman–Crippen LogP) is 3.57. The molecule has 0 aliphatic carbocycles. The molecule has 118 valence electrons. The summed E-state index contributed by atoms with van der Waals surface area (Å²) >= 11 is 0. The molecule has 2 heterocycles. The molecule has 0 spiro atoms. The highest BCUT2D eigenvalue weighted by Crippen LogP contribution is 2.26. The molecule has 2 aromatic heterocycles. The van der Waals surface area contributed by atoms with E-state index >= 15 is 0 Å². The Morgan fingerprint density at radius 3 is 2.46 bits per heavy atom. The fraction of sp³-hybridized carbons (Fsp3) is 0.0556. The topological polar surface area (TPSA) is 75.9 Å². The summed E-state index contributed by atoms with van der Waals surface area (Å²) in [4.78, 5) is 9.03. The Morgan fingerprint density at radius 1 is 0.958 bits per heavy atom. The number of nitrogens with one attached hydrogen (secondary N) is 1. The van der Waals surface area contributed by atoms with Crippen molar-refractivity contribution in [2.45, 2.75) is 6.92 Å². The van der Waals surface area contributed by atoms with Crippen LogP contribution in [0, 0.1) is 6.92 Å². The number of aromatic nitrogens is 4. The average molecular weight is 317 g/mol. The van der Waals surface area contributed by atoms with E-state index in [4.69, 9.17) is 0 Å². The summed E-state index contributed by atoms with van der Waals surface area (Å²) in [5.41, 5.74) is 2.52. The van der Waals surface area contributed by atoms with Crippen LogP contribution in [0.5, 0.6) is 5.75 Å². The van der Waals surface area contributed by atoms with Crippen molar-refractivity contribution in [1.82, 2.24) is 19.7 Å². The van der Waals surface area contributed by atoms with Crippen molar-refractivity contribution in [1.29, 1.82) is 0 Å². The average Bonchev–Trinajstić information content (AvgIpc) is 3.01. The first kappa shape index (κ1) is 14.2. The van der Waals surface area contributed by atoms with Crippen LogP contribution in [0.3, 0.4) is 0 Å². The van der Waals surface area contributed by atoms with Crippen molar-refractivity contribution >= 4 is 22.5 Å². The minimum atomic E-state index is 0.224. The zero-order valence-corrected chi connectivity index (χ0v) is 13.0. The SMILES string of the molecule is Cc1nc(Nc2ccc(O)cc2)c2cnn(-c3ccccc3)c2n1. The van der Waals surface area contributed by atoms with E-state index in [1.807, 2.05) is 37.3 Å². The van der Waals surface area contributed by atoms with E-state index < -0.39 is 0 Å². The second-order valence-corrected chi connectivity index (χ2v) is 5.42. The van der Waals surface area contributed by atoms with Crippen LogP contribution < -0.4 is 5.32 Å². The summed E-state index contributed by atoms with van der Waals surface area (Å²) in [6, 6.07) is 16.7. The number of fused-ring (bicyclic) bond motifs is 1. The van der Waals surface area contributed by atoms with Gasteiger partial charge in [-0.2, -0.15) is 5.10 Å². The number of hydrogen-bond acceptors (Lipinski definition) is 5. The molecule has 4 rings (SSSR count). The maximum absolute atomic E-state index is 9.40. The molecule has 0 unspecified atom stereocenters. The predicted molar refractivity (Wildman–Crippen MR) is 92.8 cm³/mol. The van der Waals surface area contributed by atoms with Crippen molar-refractivity contribution in [3.05, 3.63) is 66.6 Å². The Morgan fingerprint density at radius 2 is 1.71 bits per heavy atom. The van der Waals surface area contributed by atoms with E-state index in [1.165, 1.54) is 0 Å². The molecule has 0 fully saturated rings. The van der Waals surface area contributed by atoms with Crippen LogP contribution in [-0.4, -0.2) is 24.9 Å². The second kappa shape index (κ2) is 5.66. The van der Waals surface area contributed by atoms with Crippen molar-refractivity contribution in [2.24, 2.45) is 0 Å². The normalized spacial score (nSPS) is 10.9. The number of phenolic OH excluding ortho intramolecular Hbond substituents is 1. The van der Waals surface area contributed by atoms with E-state index in [1.54, 1.807) is 35.1 Å². The number of hydrogen-bond donors (Lipinski definition) is 2. The minimum absolute atomic E-state index is 0.224. The summed E-state index contributed by atoms with van der Waals surface area (Å²) < 4.78 is 1.80. The van der Waals surface area contributed by atoms with Gasteiger partial charge in [0.15, 0.2) is 5.65 Å². The zero-order valence-electron chi connectivity index (χ0n) is 13.0. The Bertz CT molecular complexity index is 993. The highest BCUT2D eigenvalue weighted by Gasteiger charge is 2.12. The first-order valence-electron chi connectivity index (χ1n) is 7.54. The van der Waals surface area contributed by atoms with E-state index in [9.17, 15) is 5.11 Å². The molecule has 0 amide bonds. The summed E-state index contributed by atoms with van der Waals surface area (Å²) in [7, 11) is 0. The Labute approximate surface area is 138 Å². The first-order valence-corrected chi connectivity index (χ1v) is 7.54. The number of rotatable bonds is 3. The highest BCUT2D eigenvalue weighted by atomic mass is 16.3. The molecule has 6 heteroatoms. The largest absolute Gasteiger partial charge is 0.508 e. The number of para-hydroxylation sites is 1. The summed E-state index contributed by atoms with van der Waals surface area (Å²) in [5, 5.41) is 18.0. The van der Waals surface area contributed by atoms with Gasteiger partial charge in [-0.25, -0.2) is 14.6 Å². The third-order valence-corrected chi connectivity index (χ3v) is 3.67. The van der Waals surface area contributed by atoms with Gasteiger partial charge in [-0.3, -0.25) is 0 Å². The molecule has 0 bridgehead atoms. The standard InChI is InChI=1S/C18H15N5O/c1-12-20-17(22-13-7-9-15(24)10-8-13)16-11-19-23(18(16)21-12)14-5-3-2-4-6-14/h2-11,24H,1H3,(H,20,21,22). The Kier molecular flexibility index (Phi) is 3.35. The van der Waals surface area contributed by atoms with Crippen LogP contribution in [-0.2, 0) is 0 Å². The lowest BCUT2D eigenvalue weighted by molar-refractivity contribution is 0.475. The molecule has 0 aliphatic rings. The molecular weight excluding hydrogens is 302 g/mol. The third-order valence-electron chi connectivity index (χ3n) is 3.67. The number of anilines is 2. The van der Waals surface area contributed by atoms with Gasteiger partial charge in [0.25, 0.3) is 0 Å². The molecule has 2 N–H and O–H groups in total. The highest BCUT2D eigenvalue weighted by molar-refractivity contribution is 5.89. The summed E-state index contributed by atoms with van der Waals surface area (Å²) in [6.45, 7) is 1.85. The van der Waals surface area contributed by atoms with Gasteiger partial charge in [-0.15, -0.1) is 0 Å². The quantitative estimate of drug-likeness (QED) is 0.565. The van der Waals surface area contributed by atoms with Crippen LogP contribution in [0.4, 0.5) is 11.5 Å². The van der Waals surface area contributed by atoms with Crippen LogP contribution in [0.15, 0.2) is 60.8 Å². The maximum Gasteiger partial charge on any atom is 0.168 e. The van der Waals surface area contributed by atoms with Gasteiger partial charge in [-0.1, -0.05) is 18.2 Å². The number of aryl methyl sites for hydroxylation is 1. The Hall–Kier alpha value is -3.41. The molecule has 4 aromatic rings. The molecule has 0 saturated heterocycles. The van der Waals surface area contributed by atoms with Crippen LogP contribution in [0.25, 0.3) is 16.7 Å². The second-order valence-electron chi connectivity index (χ2n) is 5.42. The van der Waals surface area contributed by atoms with Gasteiger partial charge >= 0.3 is 0 Å². The van der Waals surface area contributed by atoms with Gasteiger partial charge in [0, 0.05) is 5.69 Å². The lowest BCUT2D eigenvalue weighted by Crippen LogP contribution is -2.01. The first-order chi connectivity index (χ1) is 11.7. The molecule has 0 atom stereocenters. The fourth-order valence-corrected chi connectivity index (χ4v) is 2.55. The molecule has 0 radical (unpaired) electrons. The monoisotopic (exact) mass is 317 g/mol. The number of phenols is 1. The van der Waals surface area contributed by atoms with E-state index in [0.717, 1.165) is 22.4 Å². The smallest absolute Gasteiger partial charge is 0.168 e. The van der Waals surface area contributed by atoms with Gasteiger partial charge in [0.05, 0.1) is 17.3 Å². The zero-order chi connectivity index (χ0) is 16.5. The molecule has 6 nitrogen and oxygen atoms in total. The lowest BCUT2D eigenvalue weighted by atomic mass is 10.3. The minimum Gasteiger partial charge on any atom is -0.508 e. The van der Waals surface area contributed by atoms with E-state index in [0.29, 0.717) is 11.6 Å². The van der Waals surface area contributed by atoms with Crippen LogP contribution >= 0.6 is 0 Å². The Balaban J connectivity index is 1.82. The van der Waals surface area contributed by atoms with E-state index in [-0.39, 0.29) is 5.75 Å². The summed E-state index contributed by atoms with van der Waals surface area (Å²) in [5.74, 6) is 1.56. The van der Waals surface area contributed by atoms with Gasteiger partial charge in [0.2, 0.25) is 0 Å². The summed E-state index contributed by atoms with van der Waals surface area (Å²) in [6.07, 6.45) is 1.75. The number of aromatic hydroxyl groups is 1. The fourth-order valence-electron chi connectivity index (χ4n) is 2.55. The maximum atomic E-state index is 9.40. The van der Waals surface area contributed by atoms with Crippen molar-refractivity contribution in [3.63, 3.8) is 0 Å².